The molecule has 2 aliphatic rings. The number of hydrogen-bond donors (Lipinski definition) is 5. The van der Waals surface area contributed by atoms with E-state index >= 15 is 0 Å². The van der Waals surface area contributed by atoms with Gasteiger partial charge in [-0.05, 0) is 31.3 Å². The average molecular weight is 576 g/mol. The van der Waals surface area contributed by atoms with Gasteiger partial charge >= 0.3 is 6.09 Å². The minimum Gasteiger partial charge on any atom is -0.439 e. The quantitative estimate of drug-likeness (QED) is 0.233. The molecule has 1 aliphatic heterocycles. The molecule has 2 amide bonds. The Hall–Kier alpha value is -3.58. The average Bonchev–Trinajstić information content (AvgIpc) is 2.93. The van der Waals surface area contributed by atoms with Gasteiger partial charge in [-0.15, -0.1) is 0 Å². The lowest BCUT2D eigenvalue weighted by molar-refractivity contribution is -0.120. The van der Waals surface area contributed by atoms with Crippen LogP contribution < -0.4 is 16.4 Å². The number of likely N-dealkylation sites (N-methyl/N-ethyl adjacent to an activating group) is 1. The maximum atomic E-state index is 13.4. The molecule has 0 radical (unpaired) electrons. The smallest absolute Gasteiger partial charge is 0.405 e. The number of fused-ring (bicyclic) bond motifs is 2. The first-order valence-corrected chi connectivity index (χ1v) is 13.3. The van der Waals surface area contributed by atoms with Crippen LogP contribution in [0.1, 0.15) is 33.6 Å². The van der Waals surface area contributed by atoms with E-state index in [1.54, 1.807) is 20.0 Å². The van der Waals surface area contributed by atoms with Crippen molar-refractivity contribution >= 4 is 23.6 Å². The maximum Gasteiger partial charge on any atom is 0.405 e. The number of rotatable bonds is 5. The van der Waals surface area contributed by atoms with Crippen molar-refractivity contribution in [3.05, 3.63) is 58.5 Å². The van der Waals surface area contributed by atoms with Crippen LogP contribution in [-0.4, -0.2) is 86.1 Å². The number of primary amides is 1. The number of carbonyl (C=O) groups excluding carboxylic acids is 4. The Morgan fingerprint density at radius 2 is 1.88 bits per heavy atom. The highest BCUT2D eigenvalue weighted by molar-refractivity contribution is 6.23. The van der Waals surface area contributed by atoms with Crippen molar-refractivity contribution in [3.8, 4) is 0 Å². The Bertz CT molecular complexity index is 1170. The molecule has 0 aromatic rings. The summed E-state index contributed by atoms with van der Waals surface area (Å²) in [5.41, 5.74) is 5.96. The van der Waals surface area contributed by atoms with Gasteiger partial charge in [-0.2, -0.15) is 0 Å². The number of amides is 2. The number of aliphatic hydroxyl groups is 2. The molecule has 0 spiro atoms. The number of hydrogen-bond acceptors (Lipinski definition) is 10. The second-order valence-electron chi connectivity index (χ2n) is 10.2. The summed E-state index contributed by atoms with van der Waals surface area (Å²) in [7, 11) is 4.35. The van der Waals surface area contributed by atoms with Gasteiger partial charge in [-0.1, -0.05) is 38.2 Å². The normalized spacial score (nSPS) is 32.2. The molecule has 0 fully saturated rings. The zero-order valence-corrected chi connectivity index (χ0v) is 24.3. The minimum atomic E-state index is -1.14. The predicted octanol–water partition coefficient (Wildman–Crippen LogP) is 0.954. The summed E-state index contributed by atoms with van der Waals surface area (Å²) < 4.78 is 16.4. The Morgan fingerprint density at radius 3 is 2.44 bits per heavy atom. The van der Waals surface area contributed by atoms with Crippen LogP contribution in [0.4, 0.5) is 4.79 Å². The zero-order valence-electron chi connectivity index (χ0n) is 24.3. The third-order valence-electron chi connectivity index (χ3n) is 7.09. The number of aliphatic hydroxyl groups excluding tert-OH is 2. The minimum absolute atomic E-state index is 0.144. The van der Waals surface area contributed by atoms with Gasteiger partial charge < -0.3 is 40.8 Å². The van der Waals surface area contributed by atoms with Crippen LogP contribution in [0.3, 0.4) is 0 Å². The van der Waals surface area contributed by atoms with Crippen LogP contribution in [0.5, 0.6) is 0 Å². The molecule has 0 saturated carbocycles. The Labute approximate surface area is 240 Å². The molecule has 0 aromatic heterocycles. The first-order valence-electron chi connectivity index (χ1n) is 13.3. The lowest BCUT2D eigenvalue weighted by Gasteiger charge is -2.30. The third kappa shape index (κ3) is 8.70. The molecule has 6 atom stereocenters. The highest BCUT2D eigenvalue weighted by Crippen LogP contribution is 2.28. The van der Waals surface area contributed by atoms with Gasteiger partial charge in [0.15, 0.2) is 6.10 Å². The Balaban J connectivity index is 2.64. The van der Waals surface area contributed by atoms with E-state index in [9.17, 15) is 29.4 Å². The first kappa shape index (κ1) is 33.6. The molecule has 12 heteroatoms. The van der Waals surface area contributed by atoms with Gasteiger partial charge in [0, 0.05) is 44.4 Å². The molecule has 0 aromatic carbocycles. The van der Waals surface area contributed by atoms with Crippen molar-refractivity contribution in [2.75, 3.05) is 27.9 Å². The van der Waals surface area contributed by atoms with E-state index in [4.69, 9.17) is 19.9 Å². The Kier molecular flexibility index (Phi) is 12.7. The second kappa shape index (κ2) is 15.4. The largest absolute Gasteiger partial charge is 0.439 e. The van der Waals surface area contributed by atoms with E-state index < -0.39 is 60.5 Å². The molecule has 1 aliphatic carbocycles. The maximum absolute atomic E-state index is 13.4. The van der Waals surface area contributed by atoms with Gasteiger partial charge in [0.2, 0.25) is 11.6 Å². The summed E-state index contributed by atoms with van der Waals surface area (Å²) in [5, 5.41) is 26.7. The summed E-state index contributed by atoms with van der Waals surface area (Å²) in [6.45, 7) is 4.56. The molecular formula is C29H41N3O9. The predicted molar refractivity (Wildman–Crippen MR) is 150 cm³/mol. The van der Waals surface area contributed by atoms with Gasteiger partial charge in [-0.25, -0.2) is 4.79 Å². The molecule has 41 heavy (non-hydrogen) atoms. The van der Waals surface area contributed by atoms with E-state index in [1.807, 2.05) is 6.92 Å². The van der Waals surface area contributed by atoms with Crippen molar-refractivity contribution in [3.63, 3.8) is 0 Å². The molecule has 2 bridgehead atoms. The fraction of sp³-hybridized carbons (Fsp3) is 0.517. The molecule has 0 saturated heterocycles. The van der Waals surface area contributed by atoms with Crippen molar-refractivity contribution in [1.82, 2.24) is 10.6 Å². The number of Topliss-reactive ketones (excluding diaryl/α,β-unsaturated/α-hetero) is 1. The molecule has 226 valence electrons. The third-order valence-corrected chi connectivity index (χ3v) is 7.09. The summed E-state index contributed by atoms with van der Waals surface area (Å²) >= 11 is 0. The van der Waals surface area contributed by atoms with Crippen LogP contribution in [0, 0.1) is 11.8 Å². The zero-order chi connectivity index (χ0) is 30.9. The van der Waals surface area contributed by atoms with E-state index in [2.05, 4.69) is 10.6 Å². The lowest BCUT2D eigenvalue weighted by Crippen LogP contribution is -2.38. The van der Waals surface area contributed by atoms with Gasteiger partial charge in [0.1, 0.15) is 6.10 Å². The van der Waals surface area contributed by atoms with Crippen molar-refractivity contribution in [2.45, 2.75) is 58.0 Å². The number of methoxy groups -OCH3 is 2. The molecule has 1 heterocycles. The van der Waals surface area contributed by atoms with E-state index in [0.717, 1.165) is 6.08 Å². The van der Waals surface area contributed by atoms with Crippen molar-refractivity contribution in [2.24, 2.45) is 17.6 Å². The highest BCUT2D eigenvalue weighted by Gasteiger charge is 2.33. The summed E-state index contributed by atoms with van der Waals surface area (Å²) in [6, 6.07) is 0. The topological polar surface area (TPSA) is 187 Å². The Morgan fingerprint density at radius 1 is 1.20 bits per heavy atom. The molecule has 2 rings (SSSR count). The molecule has 6 N–H and O–H groups in total. The van der Waals surface area contributed by atoms with E-state index in [1.165, 1.54) is 39.4 Å². The van der Waals surface area contributed by atoms with Gasteiger partial charge in [0.25, 0.3) is 5.91 Å². The van der Waals surface area contributed by atoms with Crippen LogP contribution in [0.15, 0.2) is 58.5 Å². The number of ether oxygens (including phenoxy) is 3. The van der Waals surface area contributed by atoms with Crippen molar-refractivity contribution < 1.29 is 43.6 Å². The van der Waals surface area contributed by atoms with Crippen LogP contribution >= 0.6 is 0 Å². The van der Waals surface area contributed by atoms with E-state index in [0.29, 0.717) is 6.42 Å². The second-order valence-corrected chi connectivity index (χ2v) is 10.2. The number of nitrogens with two attached hydrogens (primary N) is 1. The monoisotopic (exact) mass is 575 g/mol. The highest BCUT2D eigenvalue weighted by atomic mass is 16.6. The van der Waals surface area contributed by atoms with E-state index in [-0.39, 0.29) is 40.5 Å². The number of ketones is 2. The summed E-state index contributed by atoms with van der Waals surface area (Å²) in [4.78, 5) is 50.8. The number of allylic oxidation sites excluding steroid dienone is 4. The fourth-order valence-corrected chi connectivity index (χ4v) is 4.86. The van der Waals surface area contributed by atoms with Gasteiger partial charge in [-0.3, -0.25) is 14.4 Å². The van der Waals surface area contributed by atoms with Gasteiger partial charge in [0.05, 0.1) is 30.2 Å². The number of nitrogens with one attached hydrogen (secondary N) is 2. The lowest BCUT2D eigenvalue weighted by atomic mass is 9.85. The standard InChI is InChI=1S/C29H41N3O9/c1-15-10-19-24(31-4)21(34)13-20(26(19)36)32-28(37)16(2)8-7-9-22(39-5)27(41-29(30)38)18(14-33)12-17(3)25(35)23(11-15)40-6/h7-9,12-13,15,17,22-23,25,27,31,33,35H,10-11,14H2,1-6H3,(H2,30,38)(H,32,37)/b9-7+,16-8-,18-12+/t15-,17+,22+,23+,25-,27+/m1/s1. The SMILES string of the molecule is CNC1=C2C[C@@H](C)C[C@H](OC)[C@H](O)[C@@H](C)/C=C(\CO)[C@H](OC(N)=O)[C@@H](OC)/C=C/C=C(/C)C(=O)NC(=CC1=O)C2=O. The van der Waals surface area contributed by atoms with Crippen LogP contribution in [-0.2, 0) is 28.6 Å². The van der Waals surface area contributed by atoms with Crippen LogP contribution in [0.2, 0.25) is 0 Å². The summed E-state index contributed by atoms with van der Waals surface area (Å²) in [6.07, 6.45) is 2.65. The molecule has 0 unspecified atom stereocenters. The summed E-state index contributed by atoms with van der Waals surface area (Å²) in [5.74, 6) is -2.35. The van der Waals surface area contributed by atoms with Crippen LogP contribution in [0.25, 0.3) is 0 Å². The molecular weight excluding hydrogens is 534 g/mol. The first-order chi connectivity index (χ1) is 19.4. The van der Waals surface area contributed by atoms with Crippen molar-refractivity contribution in [1.29, 1.82) is 0 Å². The molecule has 12 nitrogen and oxygen atoms in total. The number of carbonyl (C=O) groups is 4. The fourth-order valence-electron chi connectivity index (χ4n) is 4.86.